The number of esters is 1. The van der Waals surface area contributed by atoms with Gasteiger partial charge in [-0.15, -0.1) is 0 Å². The van der Waals surface area contributed by atoms with Gasteiger partial charge < -0.3 is 18.8 Å². The Morgan fingerprint density at radius 2 is 1.86 bits per heavy atom. The fraction of sp³-hybridized carbons (Fsp3) is 0.217. The SMILES string of the molecule is COC(=O)c1ccc(C)c(-n2c(C)cc(C=Nc3ccc4c(c3)OCO4)c2C)c1. The summed E-state index contributed by atoms with van der Waals surface area (Å²) in [6.07, 6.45) is 1.84. The van der Waals surface area contributed by atoms with Gasteiger partial charge in [-0.05, 0) is 56.7 Å². The minimum Gasteiger partial charge on any atom is -0.465 e. The third-order valence-corrected chi connectivity index (χ3v) is 5.05. The van der Waals surface area contributed by atoms with E-state index in [0.717, 1.165) is 39.6 Å². The number of methoxy groups -OCH3 is 1. The fourth-order valence-electron chi connectivity index (χ4n) is 3.49. The molecule has 6 nitrogen and oxygen atoms in total. The summed E-state index contributed by atoms with van der Waals surface area (Å²) in [6.45, 7) is 6.34. The normalized spacial score (nSPS) is 12.6. The molecule has 29 heavy (non-hydrogen) atoms. The van der Waals surface area contributed by atoms with E-state index >= 15 is 0 Å². The van der Waals surface area contributed by atoms with Crippen LogP contribution < -0.4 is 9.47 Å². The van der Waals surface area contributed by atoms with Gasteiger partial charge in [-0.25, -0.2) is 4.79 Å². The highest BCUT2D eigenvalue weighted by Gasteiger charge is 2.15. The topological polar surface area (TPSA) is 62.1 Å². The number of aliphatic imine (C=N–C) groups is 1. The van der Waals surface area contributed by atoms with Crippen molar-refractivity contribution in [2.45, 2.75) is 20.8 Å². The quantitative estimate of drug-likeness (QED) is 0.480. The fourth-order valence-corrected chi connectivity index (χ4v) is 3.49. The Balaban J connectivity index is 1.69. The number of hydrogen-bond donors (Lipinski definition) is 0. The summed E-state index contributed by atoms with van der Waals surface area (Å²) in [7, 11) is 1.39. The summed E-state index contributed by atoms with van der Waals surface area (Å²) in [5.74, 6) is 1.10. The number of carbonyl (C=O) groups excluding carboxylic acids is 1. The van der Waals surface area contributed by atoms with Gasteiger partial charge in [0.15, 0.2) is 11.5 Å². The highest BCUT2D eigenvalue weighted by atomic mass is 16.7. The first-order valence-corrected chi connectivity index (χ1v) is 9.30. The minimum absolute atomic E-state index is 0.244. The summed E-state index contributed by atoms with van der Waals surface area (Å²) in [4.78, 5) is 16.5. The molecule has 0 fully saturated rings. The molecule has 0 unspecified atom stereocenters. The van der Waals surface area contributed by atoms with E-state index in [1.807, 2.05) is 57.3 Å². The molecule has 1 aliphatic rings. The molecule has 6 heteroatoms. The third kappa shape index (κ3) is 3.49. The van der Waals surface area contributed by atoms with Crippen LogP contribution in [0.2, 0.25) is 0 Å². The average molecular weight is 390 g/mol. The van der Waals surface area contributed by atoms with Crippen LogP contribution in [-0.2, 0) is 4.74 Å². The van der Waals surface area contributed by atoms with Crippen LogP contribution in [0.3, 0.4) is 0 Å². The lowest BCUT2D eigenvalue weighted by Gasteiger charge is -2.14. The molecule has 1 aromatic heterocycles. The summed E-state index contributed by atoms with van der Waals surface area (Å²) in [5.41, 5.74) is 6.43. The van der Waals surface area contributed by atoms with Crippen LogP contribution in [0.1, 0.15) is 32.9 Å². The Morgan fingerprint density at radius 1 is 1.07 bits per heavy atom. The van der Waals surface area contributed by atoms with Gasteiger partial charge in [0.05, 0.1) is 18.4 Å². The molecule has 148 valence electrons. The lowest BCUT2D eigenvalue weighted by atomic mass is 10.1. The molecule has 0 saturated heterocycles. The van der Waals surface area contributed by atoms with Crippen molar-refractivity contribution in [3.8, 4) is 17.2 Å². The lowest BCUT2D eigenvalue weighted by molar-refractivity contribution is 0.0600. The Morgan fingerprint density at radius 3 is 2.66 bits per heavy atom. The maximum atomic E-state index is 12.0. The van der Waals surface area contributed by atoms with Crippen LogP contribution in [0.25, 0.3) is 5.69 Å². The number of aryl methyl sites for hydroxylation is 2. The van der Waals surface area contributed by atoms with Gasteiger partial charge in [-0.3, -0.25) is 4.99 Å². The maximum Gasteiger partial charge on any atom is 0.337 e. The molecule has 0 amide bonds. The van der Waals surface area contributed by atoms with Crippen LogP contribution in [0, 0.1) is 20.8 Å². The van der Waals surface area contributed by atoms with Gasteiger partial charge >= 0.3 is 5.97 Å². The number of rotatable bonds is 4. The summed E-state index contributed by atoms with van der Waals surface area (Å²) in [6, 6.07) is 13.3. The smallest absolute Gasteiger partial charge is 0.337 e. The van der Waals surface area contributed by atoms with Crippen molar-refractivity contribution in [2.24, 2.45) is 4.99 Å². The van der Waals surface area contributed by atoms with Crippen molar-refractivity contribution in [2.75, 3.05) is 13.9 Å². The van der Waals surface area contributed by atoms with Crippen LogP contribution in [0.4, 0.5) is 5.69 Å². The Hall–Kier alpha value is -3.54. The van der Waals surface area contributed by atoms with E-state index in [-0.39, 0.29) is 12.8 Å². The van der Waals surface area contributed by atoms with Crippen LogP contribution in [-0.4, -0.2) is 30.7 Å². The largest absolute Gasteiger partial charge is 0.465 e. The Bertz CT molecular complexity index is 1130. The van der Waals surface area contributed by atoms with E-state index in [1.54, 1.807) is 6.07 Å². The van der Waals surface area contributed by atoms with Crippen molar-refractivity contribution in [3.63, 3.8) is 0 Å². The number of nitrogens with zero attached hydrogens (tertiary/aromatic N) is 2. The summed E-state index contributed by atoms with van der Waals surface area (Å²) in [5, 5.41) is 0. The number of aromatic nitrogens is 1. The van der Waals surface area contributed by atoms with Gasteiger partial charge in [0.2, 0.25) is 6.79 Å². The Labute approximate surface area is 169 Å². The second-order valence-electron chi connectivity index (χ2n) is 6.95. The van der Waals surface area contributed by atoms with E-state index in [1.165, 1.54) is 7.11 Å². The zero-order chi connectivity index (χ0) is 20.5. The molecular formula is C23H22N2O4. The number of fused-ring (bicyclic) bond motifs is 1. The van der Waals surface area contributed by atoms with E-state index < -0.39 is 0 Å². The highest BCUT2D eigenvalue weighted by molar-refractivity contribution is 5.90. The predicted octanol–water partition coefficient (Wildman–Crippen LogP) is 4.67. The summed E-state index contributed by atoms with van der Waals surface area (Å²) >= 11 is 0. The van der Waals surface area contributed by atoms with Crippen LogP contribution in [0.5, 0.6) is 11.5 Å². The molecule has 0 atom stereocenters. The molecule has 3 aromatic rings. The molecule has 0 bridgehead atoms. The molecule has 4 rings (SSSR count). The molecule has 0 radical (unpaired) electrons. The standard InChI is InChI=1S/C23H22N2O4/c1-14-5-6-17(23(26)27-4)10-20(14)25-15(2)9-18(16(25)3)12-24-19-7-8-21-22(11-19)29-13-28-21/h5-12H,13H2,1-4H3. The number of carbonyl (C=O) groups is 1. The maximum absolute atomic E-state index is 12.0. The molecule has 0 aliphatic carbocycles. The summed E-state index contributed by atoms with van der Waals surface area (Å²) < 4.78 is 17.7. The van der Waals surface area contributed by atoms with Crippen molar-refractivity contribution in [1.82, 2.24) is 4.57 Å². The average Bonchev–Trinajstić information content (AvgIpc) is 3.30. The van der Waals surface area contributed by atoms with Crippen LogP contribution >= 0.6 is 0 Å². The molecule has 1 aliphatic heterocycles. The first-order chi connectivity index (χ1) is 14.0. The van der Waals surface area contributed by atoms with Crippen molar-refractivity contribution >= 4 is 17.9 Å². The number of hydrogen-bond acceptors (Lipinski definition) is 5. The molecule has 0 N–H and O–H groups in total. The van der Waals surface area contributed by atoms with E-state index in [2.05, 4.69) is 15.6 Å². The number of ether oxygens (including phenoxy) is 3. The van der Waals surface area contributed by atoms with E-state index in [4.69, 9.17) is 14.2 Å². The van der Waals surface area contributed by atoms with Crippen molar-refractivity contribution in [3.05, 3.63) is 70.5 Å². The zero-order valence-electron chi connectivity index (χ0n) is 16.9. The van der Waals surface area contributed by atoms with Gasteiger partial charge in [-0.2, -0.15) is 0 Å². The first-order valence-electron chi connectivity index (χ1n) is 9.30. The zero-order valence-corrected chi connectivity index (χ0v) is 16.9. The monoisotopic (exact) mass is 390 g/mol. The van der Waals surface area contributed by atoms with Gasteiger partial charge in [0.25, 0.3) is 0 Å². The number of benzene rings is 2. The minimum atomic E-state index is -0.349. The third-order valence-electron chi connectivity index (χ3n) is 5.05. The van der Waals surface area contributed by atoms with Crippen molar-refractivity contribution < 1.29 is 19.0 Å². The predicted molar refractivity (Wildman–Crippen MR) is 111 cm³/mol. The van der Waals surface area contributed by atoms with Gasteiger partial charge in [0, 0.05) is 34.9 Å². The molecule has 2 heterocycles. The lowest BCUT2D eigenvalue weighted by Crippen LogP contribution is -2.06. The van der Waals surface area contributed by atoms with E-state index in [9.17, 15) is 4.79 Å². The second-order valence-corrected chi connectivity index (χ2v) is 6.95. The first kappa shape index (κ1) is 18.8. The van der Waals surface area contributed by atoms with Crippen molar-refractivity contribution in [1.29, 1.82) is 0 Å². The molecule has 0 spiro atoms. The molecule has 0 saturated carbocycles. The Kier molecular flexibility index (Phi) is 4.84. The molecular weight excluding hydrogens is 368 g/mol. The van der Waals surface area contributed by atoms with Crippen LogP contribution in [0.15, 0.2) is 47.5 Å². The van der Waals surface area contributed by atoms with Gasteiger partial charge in [0.1, 0.15) is 0 Å². The highest BCUT2D eigenvalue weighted by Crippen LogP contribution is 2.35. The van der Waals surface area contributed by atoms with Gasteiger partial charge in [-0.1, -0.05) is 6.07 Å². The molecule has 2 aromatic carbocycles. The van der Waals surface area contributed by atoms with E-state index in [0.29, 0.717) is 11.3 Å². The second kappa shape index (κ2) is 7.47.